The van der Waals surface area contributed by atoms with E-state index in [1.165, 1.54) is 11.3 Å². The van der Waals surface area contributed by atoms with E-state index in [-0.39, 0.29) is 17.2 Å². The van der Waals surface area contributed by atoms with Crippen LogP contribution in [0.2, 0.25) is 0 Å². The summed E-state index contributed by atoms with van der Waals surface area (Å²) in [4.78, 5) is 16.6. The minimum Gasteiger partial charge on any atom is -0.326 e. The van der Waals surface area contributed by atoms with Crippen LogP contribution in [-0.2, 0) is 21.2 Å². The van der Waals surface area contributed by atoms with Gasteiger partial charge >= 0.3 is 0 Å². The third-order valence-electron chi connectivity index (χ3n) is 4.40. The van der Waals surface area contributed by atoms with Gasteiger partial charge in [-0.15, -0.1) is 11.3 Å². The number of amides is 1. The molecule has 1 saturated heterocycles. The van der Waals surface area contributed by atoms with E-state index in [1.54, 1.807) is 28.6 Å². The molecule has 1 fully saturated rings. The number of nitrogens with zero attached hydrogens (tertiary/aromatic N) is 2. The number of carbonyl (C=O) groups is 1. The van der Waals surface area contributed by atoms with Crippen LogP contribution in [-0.4, -0.2) is 36.7 Å². The number of piperidine rings is 1. The largest absolute Gasteiger partial charge is 0.326 e. The maximum atomic E-state index is 12.7. The molecule has 1 unspecified atom stereocenters. The van der Waals surface area contributed by atoms with Crippen LogP contribution >= 0.6 is 11.3 Å². The lowest BCUT2D eigenvalue weighted by molar-refractivity contribution is -0.115. The van der Waals surface area contributed by atoms with E-state index in [2.05, 4.69) is 17.2 Å². The fraction of sp³-hybridized carbons (Fsp3) is 0.444. The zero-order chi connectivity index (χ0) is 18.7. The molecule has 1 N–H and O–H groups in total. The van der Waals surface area contributed by atoms with Gasteiger partial charge in [-0.05, 0) is 49.9 Å². The van der Waals surface area contributed by atoms with E-state index in [1.807, 2.05) is 12.3 Å². The van der Waals surface area contributed by atoms with Crippen molar-refractivity contribution in [3.05, 3.63) is 40.3 Å². The molecule has 1 aromatic heterocycles. The molecule has 0 spiro atoms. The molecule has 0 radical (unpaired) electrons. The Hall–Kier alpha value is -1.77. The van der Waals surface area contributed by atoms with Gasteiger partial charge in [0.05, 0.1) is 22.0 Å². The minimum atomic E-state index is -3.47. The standard InChI is InChI=1S/C18H23N3O3S2/c1-13-4-3-9-21(11-13)26(23,24)17-7-5-15(6-8-17)20-18(22)10-16-12-25-14(2)19-16/h5-8,12-13H,3-4,9-11H2,1-2H3,(H,20,22). The number of aromatic nitrogens is 1. The molecule has 2 aromatic rings. The molecule has 1 aliphatic rings. The predicted molar refractivity (Wildman–Crippen MR) is 103 cm³/mol. The minimum absolute atomic E-state index is 0.171. The zero-order valence-corrected chi connectivity index (χ0v) is 16.6. The van der Waals surface area contributed by atoms with Gasteiger partial charge in [0.2, 0.25) is 15.9 Å². The summed E-state index contributed by atoms with van der Waals surface area (Å²) in [5.41, 5.74) is 1.32. The number of hydrogen-bond donors (Lipinski definition) is 1. The molecule has 1 aromatic carbocycles. The van der Waals surface area contributed by atoms with E-state index < -0.39 is 10.0 Å². The lowest BCUT2D eigenvalue weighted by Crippen LogP contribution is -2.39. The molecule has 0 aliphatic carbocycles. The molecular weight excluding hydrogens is 370 g/mol. The summed E-state index contributed by atoms with van der Waals surface area (Å²) in [6.07, 6.45) is 2.16. The molecule has 140 valence electrons. The Labute approximate surface area is 158 Å². The second-order valence-electron chi connectivity index (χ2n) is 6.72. The van der Waals surface area contributed by atoms with Crippen LogP contribution in [0.25, 0.3) is 0 Å². The van der Waals surface area contributed by atoms with Crippen molar-refractivity contribution in [3.63, 3.8) is 0 Å². The summed E-state index contributed by atoms with van der Waals surface area (Å²) in [7, 11) is -3.47. The summed E-state index contributed by atoms with van der Waals surface area (Å²) < 4.78 is 27.0. The molecule has 0 saturated carbocycles. The molecule has 2 heterocycles. The Balaban J connectivity index is 1.65. The third-order valence-corrected chi connectivity index (χ3v) is 7.11. The summed E-state index contributed by atoms with van der Waals surface area (Å²) in [5, 5.41) is 5.57. The second kappa shape index (κ2) is 7.85. The lowest BCUT2D eigenvalue weighted by atomic mass is 10.0. The Morgan fingerprint density at radius 3 is 2.69 bits per heavy atom. The Morgan fingerprint density at radius 2 is 2.08 bits per heavy atom. The summed E-state index contributed by atoms with van der Waals surface area (Å²) in [6.45, 7) is 5.10. The smallest absolute Gasteiger partial charge is 0.243 e. The summed E-state index contributed by atoms with van der Waals surface area (Å²) in [5.74, 6) is 0.210. The normalized spacial score (nSPS) is 18.6. The van der Waals surface area contributed by atoms with Gasteiger partial charge in [0.25, 0.3) is 0 Å². The Kier molecular flexibility index (Phi) is 5.74. The lowest BCUT2D eigenvalue weighted by Gasteiger charge is -2.30. The van der Waals surface area contributed by atoms with E-state index in [0.29, 0.717) is 24.7 Å². The van der Waals surface area contributed by atoms with Crippen LogP contribution in [0.5, 0.6) is 0 Å². The first-order valence-electron chi connectivity index (χ1n) is 8.65. The van der Waals surface area contributed by atoms with Crippen molar-refractivity contribution in [2.75, 3.05) is 18.4 Å². The third kappa shape index (κ3) is 4.49. The molecule has 8 heteroatoms. The highest BCUT2D eigenvalue weighted by Gasteiger charge is 2.28. The number of hydrogen-bond acceptors (Lipinski definition) is 5. The van der Waals surface area contributed by atoms with Crippen molar-refractivity contribution in [1.29, 1.82) is 0 Å². The van der Waals surface area contributed by atoms with Gasteiger partial charge in [0.1, 0.15) is 0 Å². The number of rotatable bonds is 5. The molecule has 0 bridgehead atoms. The van der Waals surface area contributed by atoms with E-state index in [4.69, 9.17) is 0 Å². The van der Waals surface area contributed by atoms with Crippen molar-refractivity contribution < 1.29 is 13.2 Å². The number of anilines is 1. The molecular formula is C18H23N3O3S2. The zero-order valence-electron chi connectivity index (χ0n) is 14.9. The van der Waals surface area contributed by atoms with Crippen LogP contribution in [0.4, 0.5) is 5.69 Å². The van der Waals surface area contributed by atoms with Crippen molar-refractivity contribution in [3.8, 4) is 0 Å². The average molecular weight is 394 g/mol. The van der Waals surface area contributed by atoms with Gasteiger partial charge in [-0.25, -0.2) is 13.4 Å². The van der Waals surface area contributed by atoms with Crippen LogP contribution in [0.15, 0.2) is 34.5 Å². The number of thiazole rings is 1. The highest BCUT2D eigenvalue weighted by Crippen LogP contribution is 2.24. The molecule has 1 aliphatic heterocycles. The topological polar surface area (TPSA) is 79.4 Å². The Bertz CT molecular complexity index is 875. The van der Waals surface area contributed by atoms with Crippen LogP contribution in [0, 0.1) is 12.8 Å². The summed E-state index contributed by atoms with van der Waals surface area (Å²) in [6, 6.07) is 6.36. The number of carbonyl (C=O) groups excluding carboxylic acids is 1. The van der Waals surface area contributed by atoms with Crippen molar-refractivity contribution in [1.82, 2.24) is 9.29 Å². The summed E-state index contributed by atoms with van der Waals surface area (Å²) >= 11 is 1.51. The quantitative estimate of drug-likeness (QED) is 0.847. The monoisotopic (exact) mass is 393 g/mol. The van der Waals surface area contributed by atoms with Gasteiger partial charge in [0, 0.05) is 24.2 Å². The molecule has 3 rings (SSSR count). The van der Waals surface area contributed by atoms with Crippen molar-refractivity contribution in [2.24, 2.45) is 5.92 Å². The highest BCUT2D eigenvalue weighted by molar-refractivity contribution is 7.89. The second-order valence-corrected chi connectivity index (χ2v) is 9.72. The van der Waals surface area contributed by atoms with E-state index >= 15 is 0 Å². The fourth-order valence-electron chi connectivity index (χ4n) is 3.08. The van der Waals surface area contributed by atoms with E-state index in [0.717, 1.165) is 23.5 Å². The van der Waals surface area contributed by atoms with Crippen LogP contribution in [0.1, 0.15) is 30.5 Å². The molecule has 6 nitrogen and oxygen atoms in total. The Morgan fingerprint density at radius 1 is 1.35 bits per heavy atom. The molecule has 1 atom stereocenters. The highest BCUT2D eigenvalue weighted by atomic mass is 32.2. The van der Waals surface area contributed by atoms with Gasteiger partial charge < -0.3 is 5.32 Å². The number of sulfonamides is 1. The predicted octanol–water partition coefficient (Wildman–Crippen LogP) is 3.05. The van der Waals surface area contributed by atoms with Gasteiger partial charge in [-0.2, -0.15) is 4.31 Å². The first-order chi connectivity index (χ1) is 12.3. The van der Waals surface area contributed by atoms with Gasteiger partial charge in [-0.1, -0.05) is 6.92 Å². The van der Waals surface area contributed by atoms with Crippen molar-refractivity contribution >= 4 is 33.0 Å². The molecule has 26 heavy (non-hydrogen) atoms. The number of nitrogens with one attached hydrogen (secondary N) is 1. The van der Waals surface area contributed by atoms with Gasteiger partial charge in [0.15, 0.2) is 0 Å². The fourth-order valence-corrected chi connectivity index (χ4v) is 5.29. The number of aryl methyl sites for hydroxylation is 1. The maximum absolute atomic E-state index is 12.7. The SMILES string of the molecule is Cc1nc(CC(=O)Nc2ccc(S(=O)(=O)N3CCCC(C)C3)cc2)cs1. The number of benzene rings is 1. The van der Waals surface area contributed by atoms with Gasteiger partial charge in [-0.3, -0.25) is 4.79 Å². The average Bonchev–Trinajstić information content (AvgIpc) is 3.00. The molecule has 1 amide bonds. The maximum Gasteiger partial charge on any atom is 0.243 e. The van der Waals surface area contributed by atoms with E-state index in [9.17, 15) is 13.2 Å². The first kappa shape index (κ1) is 19.0. The van der Waals surface area contributed by atoms with Crippen LogP contribution in [0.3, 0.4) is 0 Å². The first-order valence-corrected chi connectivity index (χ1v) is 11.0. The van der Waals surface area contributed by atoms with Crippen LogP contribution < -0.4 is 5.32 Å². The van der Waals surface area contributed by atoms with Crippen molar-refractivity contribution in [2.45, 2.75) is 38.0 Å².